The molecule has 0 spiro atoms. The molecule has 0 bridgehead atoms. The monoisotopic (exact) mass is 269 g/mol. The third-order valence-corrected chi connectivity index (χ3v) is 3.39. The Bertz CT molecular complexity index is 306. The second-order valence-electron chi connectivity index (χ2n) is 3.98. The van der Waals surface area contributed by atoms with Crippen LogP contribution in [0, 0.1) is 13.8 Å². The first kappa shape index (κ1) is 12.7. The molecule has 0 aliphatic rings. The molecule has 0 unspecified atom stereocenters. The topological polar surface area (TPSA) is 3.24 Å². The minimum Gasteiger partial charge on any atom is -0.300 e. The van der Waals surface area contributed by atoms with Gasteiger partial charge in [0.15, 0.2) is 0 Å². The lowest BCUT2D eigenvalue weighted by atomic mass is 10.0. The van der Waals surface area contributed by atoms with Crippen LogP contribution in [0.3, 0.4) is 0 Å². The predicted molar refractivity (Wildman–Crippen MR) is 70.2 cm³/mol. The van der Waals surface area contributed by atoms with Crippen molar-refractivity contribution in [1.29, 1.82) is 0 Å². The van der Waals surface area contributed by atoms with Crippen LogP contribution >= 0.6 is 15.9 Å². The molecule has 1 rings (SSSR count). The number of halogens is 1. The number of aryl methyl sites for hydroxylation is 2. The highest BCUT2D eigenvalue weighted by molar-refractivity contribution is 9.10. The fourth-order valence-electron chi connectivity index (χ4n) is 1.86. The van der Waals surface area contributed by atoms with E-state index in [2.05, 4.69) is 60.7 Å². The van der Waals surface area contributed by atoms with Crippen molar-refractivity contribution < 1.29 is 0 Å². The van der Waals surface area contributed by atoms with Gasteiger partial charge in [-0.15, -0.1) is 0 Å². The molecular formula is C13H20BrN. The van der Waals surface area contributed by atoms with E-state index in [0.717, 1.165) is 19.6 Å². The summed E-state index contributed by atoms with van der Waals surface area (Å²) < 4.78 is 1.18. The van der Waals surface area contributed by atoms with Crippen LogP contribution in [0.15, 0.2) is 16.6 Å². The summed E-state index contributed by atoms with van der Waals surface area (Å²) in [5, 5.41) is 0. The molecule has 0 saturated carbocycles. The first-order chi connectivity index (χ1) is 7.08. The Labute approximate surface area is 102 Å². The number of rotatable bonds is 4. The zero-order valence-electron chi connectivity index (χ0n) is 10.1. The van der Waals surface area contributed by atoms with Crippen LogP contribution in [-0.2, 0) is 6.54 Å². The van der Waals surface area contributed by atoms with E-state index >= 15 is 0 Å². The summed E-state index contributed by atoms with van der Waals surface area (Å²) in [6.07, 6.45) is 0. The Balaban J connectivity index is 2.94. The van der Waals surface area contributed by atoms with Crippen LogP contribution in [0.5, 0.6) is 0 Å². The van der Waals surface area contributed by atoms with E-state index in [9.17, 15) is 0 Å². The molecule has 2 heteroatoms. The standard InChI is InChI=1S/C13H20BrN/c1-5-15(6-2)9-13-10(3)7-12(14)8-11(13)4/h7-8H,5-6,9H2,1-4H3. The fraction of sp³-hybridized carbons (Fsp3) is 0.538. The molecule has 0 aromatic heterocycles. The van der Waals surface area contributed by atoms with E-state index in [1.165, 1.54) is 21.2 Å². The predicted octanol–water partition coefficient (Wildman–Crippen LogP) is 3.91. The average Bonchev–Trinajstić information content (AvgIpc) is 2.17. The van der Waals surface area contributed by atoms with Crippen molar-refractivity contribution >= 4 is 15.9 Å². The summed E-state index contributed by atoms with van der Waals surface area (Å²) in [6.45, 7) is 12.1. The third-order valence-electron chi connectivity index (χ3n) is 2.94. The van der Waals surface area contributed by atoms with E-state index in [0.29, 0.717) is 0 Å². The zero-order chi connectivity index (χ0) is 11.4. The number of hydrogen-bond donors (Lipinski definition) is 0. The first-order valence-corrected chi connectivity index (χ1v) is 6.35. The Hall–Kier alpha value is -0.340. The highest BCUT2D eigenvalue weighted by Crippen LogP contribution is 2.21. The van der Waals surface area contributed by atoms with E-state index < -0.39 is 0 Å². The van der Waals surface area contributed by atoms with E-state index in [1.807, 2.05) is 0 Å². The molecule has 0 aliphatic carbocycles. The van der Waals surface area contributed by atoms with Crippen LogP contribution < -0.4 is 0 Å². The maximum Gasteiger partial charge on any atom is 0.0238 e. The van der Waals surface area contributed by atoms with Gasteiger partial charge in [-0.25, -0.2) is 0 Å². The normalized spacial score (nSPS) is 11.1. The number of hydrogen-bond acceptors (Lipinski definition) is 1. The number of benzene rings is 1. The largest absolute Gasteiger partial charge is 0.300 e. The second kappa shape index (κ2) is 5.66. The smallest absolute Gasteiger partial charge is 0.0238 e. The van der Waals surface area contributed by atoms with Crippen molar-refractivity contribution in [2.24, 2.45) is 0 Å². The van der Waals surface area contributed by atoms with Crippen LogP contribution in [0.4, 0.5) is 0 Å². The Morgan fingerprint density at radius 3 is 1.93 bits per heavy atom. The lowest BCUT2D eigenvalue weighted by Gasteiger charge is -2.21. The summed E-state index contributed by atoms with van der Waals surface area (Å²) in [5.74, 6) is 0. The van der Waals surface area contributed by atoms with Gasteiger partial charge in [0.25, 0.3) is 0 Å². The maximum atomic E-state index is 3.53. The van der Waals surface area contributed by atoms with Crippen LogP contribution in [0.1, 0.15) is 30.5 Å². The SMILES string of the molecule is CCN(CC)Cc1c(C)cc(Br)cc1C. The van der Waals surface area contributed by atoms with Gasteiger partial charge in [0.2, 0.25) is 0 Å². The van der Waals surface area contributed by atoms with Gasteiger partial charge in [0.05, 0.1) is 0 Å². The minimum atomic E-state index is 1.07. The number of nitrogens with zero attached hydrogens (tertiary/aromatic N) is 1. The van der Waals surface area contributed by atoms with Crippen molar-refractivity contribution in [2.45, 2.75) is 34.2 Å². The zero-order valence-corrected chi connectivity index (χ0v) is 11.7. The quantitative estimate of drug-likeness (QED) is 0.801. The molecule has 1 aromatic carbocycles. The summed E-state index contributed by atoms with van der Waals surface area (Å²) in [4.78, 5) is 2.45. The first-order valence-electron chi connectivity index (χ1n) is 5.56. The molecule has 0 heterocycles. The molecule has 0 amide bonds. The summed E-state index contributed by atoms with van der Waals surface area (Å²) in [7, 11) is 0. The van der Waals surface area contributed by atoms with Crippen molar-refractivity contribution in [1.82, 2.24) is 4.90 Å². The average molecular weight is 270 g/mol. The summed E-state index contributed by atoms with van der Waals surface area (Å²) in [5.41, 5.74) is 4.24. The van der Waals surface area contributed by atoms with E-state index in [4.69, 9.17) is 0 Å². The molecule has 1 aromatic rings. The molecule has 0 fully saturated rings. The van der Waals surface area contributed by atoms with Crippen LogP contribution in [-0.4, -0.2) is 18.0 Å². The van der Waals surface area contributed by atoms with Crippen molar-refractivity contribution in [3.05, 3.63) is 33.3 Å². The molecule has 15 heavy (non-hydrogen) atoms. The van der Waals surface area contributed by atoms with E-state index in [1.54, 1.807) is 0 Å². The van der Waals surface area contributed by atoms with Crippen LogP contribution in [0.2, 0.25) is 0 Å². The molecule has 0 aliphatic heterocycles. The molecule has 0 saturated heterocycles. The highest BCUT2D eigenvalue weighted by atomic mass is 79.9. The second-order valence-corrected chi connectivity index (χ2v) is 4.90. The van der Waals surface area contributed by atoms with Gasteiger partial charge in [0.1, 0.15) is 0 Å². The molecule has 0 N–H and O–H groups in total. The van der Waals surface area contributed by atoms with Crippen molar-refractivity contribution in [3.8, 4) is 0 Å². The van der Waals surface area contributed by atoms with Gasteiger partial charge in [-0.3, -0.25) is 4.90 Å². The van der Waals surface area contributed by atoms with Crippen LogP contribution in [0.25, 0.3) is 0 Å². The molecule has 1 nitrogen and oxygen atoms in total. The molecule has 84 valence electrons. The Morgan fingerprint density at radius 1 is 1.07 bits per heavy atom. The molecular weight excluding hydrogens is 250 g/mol. The highest BCUT2D eigenvalue weighted by Gasteiger charge is 2.07. The van der Waals surface area contributed by atoms with Crippen molar-refractivity contribution in [3.63, 3.8) is 0 Å². The summed E-state index contributed by atoms with van der Waals surface area (Å²) >= 11 is 3.53. The third kappa shape index (κ3) is 3.32. The Kier molecular flexibility index (Phi) is 4.81. The van der Waals surface area contributed by atoms with Crippen molar-refractivity contribution in [2.75, 3.05) is 13.1 Å². The lowest BCUT2D eigenvalue weighted by molar-refractivity contribution is 0.294. The molecule has 0 radical (unpaired) electrons. The van der Waals surface area contributed by atoms with Gasteiger partial charge in [-0.2, -0.15) is 0 Å². The van der Waals surface area contributed by atoms with Gasteiger partial charge in [0, 0.05) is 11.0 Å². The van der Waals surface area contributed by atoms with E-state index in [-0.39, 0.29) is 0 Å². The van der Waals surface area contributed by atoms with Gasteiger partial charge in [-0.1, -0.05) is 29.8 Å². The van der Waals surface area contributed by atoms with Gasteiger partial charge < -0.3 is 0 Å². The van der Waals surface area contributed by atoms with Gasteiger partial charge in [-0.05, 0) is 55.8 Å². The Morgan fingerprint density at radius 2 is 1.53 bits per heavy atom. The fourth-order valence-corrected chi connectivity index (χ4v) is 2.55. The molecule has 0 atom stereocenters. The summed E-state index contributed by atoms with van der Waals surface area (Å²) in [6, 6.07) is 4.40. The minimum absolute atomic E-state index is 1.07. The maximum absolute atomic E-state index is 3.53. The lowest BCUT2D eigenvalue weighted by Crippen LogP contribution is -2.23. The van der Waals surface area contributed by atoms with Gasteiger partial charge >= 0.3 is 0 Å².